The topological polar surface area (TPSA) is 93.1 Å². The Morgan fingerprint density at radius 2 is 1.79 bits per heavy atom. The Labute approximate surface area is 203 Å². The summed E-state index contributed by atoms with van der Waals surface area (Å²) in [6.45, 7) is 7.83. The number of aliphatic carboxylic acids is 2. The van der Waals surface area contributed by atoms with Crippen molar-refractivity contribution in [3.8, 4) is 0 Å². The molecule has 2 aliphatic rings. The minimum atomic E-state index is -1.26. The second kappa shape index (κ2) is 12.1. The molecule has 0 radical (unpaired) electrons. The molecule has 4 rings (SSSR count). The molecule has 2 aliphatic heterocycles. The van der Waals surface area contributed by atoms with Crippen LogP contribution in [0.5, 0.6) is 0 Å². The third-order valence-corrected chi connectivity index (χ3v) is 6.63. The minimum absolute atomic E-state index is 0.558. The molecule has 3 N–H and O–H groups in total. The first kappa shape index (κ1) is 25.1. The highest BCUT2D eigenvalue weighted by Gasteiger charge is 2.23. The van der Waals surface area contributed by atoms with Gasteiger partial charge < -0.3 is 25.3 Å². The summed E-state index contributed by atoms with van der Waals surface area (Å²) in [5, 5.41) is 19.9. The van der Waals surface area contributed by atoms with Crippen LogP contribution in [0.4, 0.5) is 11.4 Å². The first-order valence-corrected chi connectivity index (χ1v) is 12.0. The number of rotatable bonds is 6. The van der Waals surface area contributed by atoms with Crippen LogP contribution in [0.1, 0.15) is 13.3 Å². The van der Waals surface area contributed by atoms with Gasteiger partial charge in [-0.25, -0.2) is 9.59 Å². The van der Waals surface area contributed by atoms with Crippen molar-refractivity contribution in [3.63, 3.8) is 0 Å². The molecule has 33 heavy (non-hydrogen) atoms. The Kier molecular flexibility index (Phi) is 9.20. The minimum Gasteiger partial charge on any atom is -0.478 e. The van der Waals surface area contributed by atoms with Crippen LogP contribution in [0.2, 0.25) is 5.02 Å². The van der Waals surface area contributed by atoms with Crippen molar-refractivity contribution in [1.29, 1.82) is 0 Å². The molecule has 0 spiro atoms. The monoisotopic (exact) mass is 489 g/mol. The molecule has 0 amide bonds. The summed E-state index contributed by atoms with van der Waals surface area (Å²) < 4.78 is 0. The van der Waals surface area contributed by atoms with Gasteiger partial charge in [-0.3, -0.25) is 0 Å². The zero-order chi connectivity index (χ0) is 23.8. The quantitative estimate of drug-likeness (QED) is 0.516. The fourth-order valence-electron chi connectivity index (χ4n) is 3.85. The van der Waals surface area contributed by atoms with Crippen LogP contribution in [0.3, 0.4) is 0 Å². The van der Waals surface area contributed by atoms with E-state index in [-0.39, 0.29) is 0 Å². The van der Waals surface area contributed by atoms with Gasteiger partial charge in [0.15, 0.2) is 0 Å². The third-order valence-electron chi connectivity index (χ3n) is 5.27. The number of anilines is 2. The van der Waals surface area contributed by atoms with E-state index in [9.17, 15) is 9.59 Å². The number of carboxylic acid groups (broad SMARTS) is 2. The normalized spacial score (nSPS) is 17.6. The second-order valence-electron chi connectivity index (χ2n) is 7.85. The van der Waals surface area contributed by atoms with E-state index in [0.29, 0.717) is 18.2 Å². The lowest BCUT2D eigenvalue weighted by Gasteiger charge is -2.35. The molecule has 1 saturated heterocycles. The number of carboxylic acids is 2. The molecular weight excluding hydrogens is 462 g/mol. The first-order chi connectivity index (χ1) is 15.8. The second-order valence-corrected chi connectivity index (χ2v) is 9.37. The third kappa shape index (κ3) is 7.50. The number of nitrogens with one attached hydrogen (secondary N) is 1. The highest BCUT2D eigenvalue weighted by atomic mass is 35.5. The van der Waals surface area contributed by atoms with Crippen LogP contribution in [0.25, 0.3) is 0 Å². The van der Waals surface area contributed by atoms with Gasteiger partial charge in [-0.15, -0.1) is 0 Å². The summed E-state index contributed by atoms with van der Waals surface area (Å²) in [6.07, 6.45) is 2.27. The van der Waals surface area contributed by atoms with E-state index < -0.39 is 11.9 Å². The van der Waals surface area contributed by atoms with Crippen LogP contribution in [0.15, 0.2) is 64.4 Å². The standard InChI is InChI=1S/C20H24ClN3S.C4H4O4/c1-15-14-23(12-9-22-15)10-4-11-24-17-5-2-3-6-19(17)25-20-8-7-16(21)13-18(20)24;5-3(6)1-2-4(7)8/h2-3,5-8,13,15,22H,4,9-12,14H2,1H3;1-2H,(H,5,6)(H,7,8)/b;2-1-. The van der Waals surface area contributed by atoms with Crippen molar-refractivity contribution < 1.29 is 19.8 Å². The molecule has 1 atom stereocenters. The van der Waals surface area contributed by atoms with Crippen molar-refractivity contribution in [2.45, 2.75) is 29.2 Å². The molecule has 9 heteroatoms. The van der Waals surface area contributed by atoms with E-state index in [1.54, 1.807) is 0 Å². The summed E-state index contributed by atoms with van der Waals surface area (Å²) in [6, 6.07) is 15.5. The zero-order valence-electron chi connectivity index (χ0n) is 18.4. The van der Waals surface area contributed by atoms with E-state index in [4.69, 9.17) is 21.8 Å². The predicted molar refractivity (Wildman–Crippen MR) is 132 cm³/mol. The van der Waals surface area contributed by atoms with Crippen molar-refractivity contribution in [2.24, 2.45) is 0 Å². The van der Waals surface area contributed by atoms with E-state index >= 15 is 0 Å². The van der Waals surface area contributed by atoms with Crippen molar-refractivity contribution >= 4 is 46.7 Å². The zero-order valence-corrected chi connectivity index (χ0v) is 20.0. The number of para-hydroxylation sites is 1. The van der Waals surface area contributed by atoms with Gasteiger partial charge in [-0.2, -0.15) is 0 Å². The van der Waals surface area contributed by atoms with Gasteiger partial charge in [0.1, 0.15) is 0 Å². The van der Waals surface area contributed by atoms with E-state index in [1.807, 2.05) is 17.8 Å². The van der Waals surface area contributed by atoms with Crippen LogP contribution in [0, 0.1) is 0 Å². The molecule has 2 aromatic rings. The number of hydrogen-bond donors (Lipinski definition) is 3. The summed E-state index contributed by atoms with van der Waals surface area (Å²) in [4.78, 5) is 26.7. The van der Waals surface area contributed by atoms with Crippen LogP contribution in [-0.2, 0) is 9.59 Å². The van der Waals surface area contributed by atoms with Crippen molar-refractivity contribution in [2.75, 3.05) is 37.6 Å². The Morgan fingerprint density at radius 3 is 2.48 bits per heavy atom. The summed E-state index contributed by atoms with van der Waals surface area (Å²) >= 11 is 8.13. The maximum Gasteiger partial charge on any atom is 0.328 e. The summed E-state index contributed by atoms with van der Waals surface area (Å²) in [7, 11) is 0. The average Bonchev–Trinajstić information content (AvgIpc) is 2.78. The highest BCUT2D eigenvalue weighted by molar-refractivity contribution is 7.99. The van der Waals surface area contributed by atoms with Gasteiger partial charge in [0, 0.05) is 59.2 Å². The number of fused-ring (bicyclic) bond motifs is 2. The van der Waals surface area contributed by atoms with Gasteiger partial charge >= 0.3 is 11.9 Å². The SMILES string of the molecule is CC1CN(CCCN2c3ccccc3Sc3ccc(Cl)cc32)CCN1.O=C(O)/C=C\C(=O)O. The molecule has 0 aromatic heterocycles. The van der Waals surface area contributed by atoms with E-state index in [0.717, 1.165) is 44.2 Å². The smallest absolute Gasteiger partial charge is 0.328 e. The molecular formula is C24H28ClN3O4S. The maximum absolute atomic E-state index is 9.55. The lowest BCUT2D eigenvalue weighted by molar-refractivity contribution is -0.134. The number of halogens is 1. The van der Waals surface area contributed by atoms with Crippen LogP contribution >= 0.6 is 23.4 Å². The maximum atomic E-state index is 9.55. The molecule has 1 unspecified atom stereocenters. The summed E-state index contributed by atoms with van der Waals surface area (Å²) in [5.41, 5.74) is 2.54. The number of benzene rings is 2. The Morgan fingerprint density at radius 1 is 1.09 bits per heavy atom. The molecule has 0 saturated carbocycles. The average molecular weight is 490 g/mol. The number of piperazine rings is 1. The number of nitrogens with zero attached hydrogens (tertiary/aromatic N) is 2. The largest absolute Gasteiger partial charge is 0.478 e. The fraction of sp³-hybridized carbons (Fsp3) is 0.333. The lowest BCUT2D eigenvalue weighted by atomic mass is 10.2. The van der Waals surface area contributed by atoms with Gasteiger partial charge in [-0.05, 0) is 50.2 Å². The first-order valence-electron chi connectivity index (χ1n) is 10.8. The molecule has 1 fully saturated rings. The number of carbonyl (C=O) groups is 2. The fourth-order valence-corrected chi connectivity index (χ4v) is 5.10. The van der Waals surface area contributed by atoms with Crippen LogP contribution < -0.4 is 10.2 Å². The van der Waals surface area contributed by atoms with Gasteiger partial charge in [-0.1, -0.05) is 35.5 Å². The van der Waals surface area contributed by atoms with Crippen molar-refractivity contribution in [1.82, 2.24) is 10.2 Å². The van der Waals surface area contributed by atoms with E-state index in [2.05, 4.69) is 58.4 Å². The Balaban J connectivity index is 0.000000331. The molecule has 0 aliphatic carbocycles. The molecule has 2 heterocycles. The highest BCUT2D eigenvalue weighted by Crippen LogP contribution is 2.48. The Hall–Kier alpha value is -2.52. The molecule has 176 valence electrons. The Bertz CT molecular complexity index is 1000. The van der Waals surface area contributed by atoms with Crippen molar-refractivity contribution in [3.05, 3.63) is 59.6 Å². The van der Waals surface area contributed by atoms with E-state index in [1.165, 1.54) is 21.2 Å². The predicted octanol–water partition coefficient (Wildman–Crippen LogP) is 4.34. The van der Waals surface area contributed by atoms with Crippen LogP contribution in [-0.4, -0.2) is 65.8 Å². The molecule has 7 nitrogen and oxygen atoms in total. The van der Waals surface area contributed by atoms with Gasteiger partial charge in [0.2, 0.25) is 0 Å². The van der Waals surface area contributed by atoms with Gasteiger partial charge in [0.25, 0.3) is 0 Å². The molecule has 0 bridgehead atoms. The lowest BCUT2D eigenvalue weighted by Crippen LogP contribution is -2.49. The molecule has 2 aromatic carbocycles. The summed E-state index contributed by atoms with van der Waals surface area (Å²) in [5.74, 6) is -2.51. The van der Waals surface area contributed by atoms with Gasteiger partial charge in [0.05, 0.1) is 11.4 Å². The number of hydrogen-bond acceptors (Lipinski definition) is 6.